The van der Waals surface area contributed by atoms with Crippen molar-refractivity contribution < 1.29 is 4.79 Å². The molecule has 1 unspecified atom stereocenters. The van der Waals surface area contributed by atoms with E-state index < -0.39 is 0 Å². The lowest BCUT2D eigenvalue weighted by molar-refractivity contribution is -0.114. The minimum absolute atomic E-state index is 0.210. The molecule has 12 heavy (non-hydrogen) atoms. The van der Waals surface area contributed by atoms with Gasteiger partial charge in [0.25, 0.3) is 0 Å². The number of likely N-dealkylation sites (N-methyl/N-ethyl adjacent to an activating group) is 1. The molecule has 0 aromatic rings. The predicted molar refractivity (Wildman–Crippen MR) is 53.4 cm³/mol. The van der Waals surface area contributed by atoms with Crippen LogP contribution < -0.4 is 0 Å². The third-order valence-electron chi connectivity index (χ3n) is 2.24. The molecular formula is C9H17NOS. The van der Waals surface area contributed by atoms with E-state index in [4.69, 9.17) is 0 Å². The number of nitrogens with zero attached hydrogens (tertiary/aromatic N) is 1. The first-order valence-corrected chi connectivity index (χ1v) is 5.61. The smallest absolute Gasteiger partial charge is 0.206 e. The van der Waals surface area contributed by atoms with Gasteiger partial charge in [0.05, 0.1) is 6.04 Å². The molecule has 2 nitrogen and oxygen atoms in total. The predicted octanol–water partition coefficient (Wildman–Crippen LogP) is 1.75. The number of thioether (sulfide) groups is 1. The molecule has 1 aliphatic rings. The highest BCUT2D eigenvalue weighted by molar-refractivity contribution is 8.13. The maximum absolute atomic E-state index is 11.5. The van der Waals surface area contributed by atoms with Gasteiger partial charge in [0.15, 0.2) is 0 Å². The highest BCUT2D eigenvalue weighted by Gasteiger charge is 2.27. The van der Waals surface area contributed by atoms with Gasteiger partial charge in [-0.15, -0.1) is 0 Å². The van der Waals surface area contributed by atoms with Crippen LogP contribution in [0.2, 0.25) is 0 Å². The Hall–Kier alpha value is -0.0200. The average Bonchev–Trinajstić information content (AvgIpc) is 2.47. The third kappa shape index (κ3) is 2.49. The highest BCUT2D eigenvalue weighted by Crippen LogP contribution is 2.20. The summed E-state index contributed by atoms with van der Waals surface area (Å²) in [5.74, 6) is 0.975. The number of hydrogen-bond acceptors (Lipinski definition) is 3. The molecule has 1 fully saturated rings. The molecule has 1 aliphatic heterocycles. The van der Waals surface area contributed by atoms with Crippen molar-refractivity contribution in [2.24, 2.45) is 0 Å². The van der Waals surface area contributed by atoms with Crippen molar-refractivity contribution in [3.8, 4) is 0 Å². The maximum atomic E-state index is 11.5. The first-order valence-electron chi connectivity index (χ1n) is 4.62. The normalized spacial score (nSPS) is 24.7. The minimum atomic E-state index is 0.210. The minimum Gasteiger partial charge on any atom is -0.296 e. The van der Waals surface area contributed by atoms with Crippen molar-refractivity contribution in [1.29, 1.82) is 0 Å². The maximum Gasteiger partial charge on any atom is 0.206 e. The van der Waals surface area contributed by atoms with E-state index in [-0.39, 0.29) is 6.04 Å². The van der Waals surface area contributed by atoms with Gasteiger partial charge in [-0.25, -0.2) is 0 Å². The van der Waals surface area contributed by atoms with Crippen LogP contribution in [0.25, 0.3) is 0 Å². The Balaban J connectivity index is 2.30. The van der Waals surface area contributed by atoms with E-state index >= 15 is 0 Å². The van der Waals surface area contributed by atoms with Crippen molar-refractivity contribution >= 4 is 16.9 Å². The van der Waals surface area contributed by atoms with Gasteiger partial charge < -0.3 is 0 Å². The molecule has 0 N–H and O–H groups in total. The van der Waals surface area contributed by atoms with Crippen LogP contribution >= 0.6 is 11.8 Å². The van der Waals surface area contributed by atoms with Crippen molar-refractivity contribution in [2.75, 3.05) is 19.3 Å². The highest BCUT2D eigenvalue weighted by atomic mass is 32.2. The molecule has 1 rings (SSSR count). The zero-order valence-electron chi connectivity index (χ0n) is 7.88. The second-order valence-corrected chi connectivity index (χ2v) is 4.41. The summed E-state index contributed by atoms with van der Waals surface area (Å²) in [5.41, 5.74) is 0. The van der Waals surface area contributed by atoms with Crippen molar-refractivity contribution in [1.82, 2.24) is 4.90 Å². The molecule has 0 spiro atoms. The van der Waals surface area contributed by atoms with Crippen LogP contribution in [0.3, 0.4) is 0 Å². The van der Waals surface area contributed by atoms with Crippen molar-refractivity contribution in [3.05, 3.63) is 0 Å². The summed E-state index contributed by atoms with van der Waals surface area (Å²) in [6.45, 7) is 3.20. The van der Waals surface area contributed by atoms with Crippen LogP contribution in [0.15, 0.2) is 0 Å². The molecule has 1 saturated heterocycles. The van der Waals surface area contributed by atoms with Gasteiger partial charge in [-0.05, 0) is 32.9 Å². The summed E-state index contributed by atoms with van der Waals surface area (Å²) in [5, 5.41) is 0.372. The van der Waals surface area contributed by atoms with E-state index in [1.807, 2.05) is 7.05 Å². The number of carbonyl (C=O) groups is 1. The Labute approximate surface area is 78.7 Å². The van der Waals surface area contributed by atoms with Crippen molar-refractivity contribution in [2.45, 2.75) is 32.2 Å². The van der Waals surface area contributed by atoms with Gasteiger partial charge in [0, 0.05) is 5.75 Å². The van der Waals surface area contributed by atoms with E-state index in [0.29, 0.717) is 5.12 Å². The Morgan fingerprint density at radius 1 is 1.67 bits per heavy atom. The van der Waals surface area contributed by atoms with E-state index in [1.165, 1.54) is 18.2 Å². The number of rotatable bonds is 3. The van der Waals surface area contributed by atoms with Gasteiger partial charge >= 0.3 is 0 Å². The van der Waals surface area contributed by atoms with Crippen LogP contribution in [0.5, 0.6) is 0 Å². The summed E-state index contributed by atoms with van der Waals surface area (Å²) < 4.78 is 0. The van der Waals surface area contributed by atoms with Gasteiger partial charge in [-0.1, -0.05) is 18.7 Å². The molecule has 1 heterocycles. The fourth-order valence-electron chi connectivity index (χ4n) is 1.51. The molecule has 70 valence electrons. The number of hydrogen-bond donors (Lipinski definition) is 0. The van der Waals surface area contributed by atoms with Crippen LogP contribution in [-0.4, -0.2) is 35.4 Å². The number of carbonyl (C=O) groups excluding carboxylic acids is 1. The lowest BCUT2D eigenvalue weighted by atomic mass is 10.2. The van der Waals surface area contributed by atoms with Crippen LogP contribution in [0.1, 0.15) is 26.2 Å². The first-order chi connectivity index (χ1) is 5.75. The molecule has 0 aliphatic carbocycles. The summed E-state index contributed by atoms with van der Waals surface area (Å²) >= 11 is 1.50. The SMILES string of the molecule is CCCSC(=O)C1CCCN1C. The summed E-state index contributed by atoms with van der Waals surface area (Å²) in [7, 11) is 2.04. The fourth-order valence-corrected chi connectivity index (χ4v) is 2.40. The Morgan fingerprint density at radius 2 is 2.42 bits per heavy atom. The second kappa shape index (κ2) is 4.87. The molecule has 0 aromatic carbocycles. The zero-order chi connectivity index (χ0) is 8.97. The average molecular weight is 187 g/mol. The quantitative estimate of drug-likeness (QED) is 0.671. The summed E-state index contributed by atoms with van der Waals surface area (Å²) in [6.07, 6.45) is 3.33. The Morgan fingerprint density at radius 3 is 2.92 bits per heavy atom. The molecule has 3 heteroatoms. The second-order valence-electron chi connectivity index (χ2n) is 3.31. The standard InChI is InChI=1S/C9H17NOS/c1-3-7-12-9(11)8-5-4-6-10(8)2/h8H,3-7H2,1-2H3. The van der Waals surface area contributed by atoms with Gasteiger partial charge in [0.1, 0.15) is 0 Å². The van der Waals surface area contributed by atoms with E-state index in [0.717, 1.165) is 25.1 Å². The Kier molecular flexibility index (Phi) is 4.09. The number of likely N-dealkylation sites (tertiary alicyclic amines) is 1. The molecule has 0 bridgehead atoms. The van der Waals surface area contributed by atoms with E-state index in [9.17, 15) is 4.79 Å². The largest absolute Gasteiger partial charge is 0.296 e. The van der Waals surface area contributed by atoms with E-state index in [2.05, 4.69) is 11.8 Å². The lowest BCUT2D eigenvalue weighted by Crippen LogP contribution is -2.31. The fraction of sp³-hybridized carbons (Fsp3) is 0.889. The topological polar surface area (TPSA) is 20.3 Å². The third-order valence-corrected chi connectivity index (χ3v) is 3.41. The monoisotopic (exact) mass is 187 g/mol. The van der Waals surface area contributed by atoms with Gasteiger partial charge in [-0.2, -0.15) is 0 Å². The molecule has 1 atom stereocenters. The van der Waals surface area contributed by atoms with Crippen molar-refractivity contribution in [3.63, 3.8) is 0 Å². The van der Waals surface area contributed by atoms with E-state index in [1.54, 1.807) is 0 Å². The van der Waals surface area contributed by atoms with Gasteiger partial charge in [0.2, 0.25) is 5.12 Å². The molecule has 0 saturated carbocycles. The summed E-state index contributed by atoms with van der Waals surface area (Å²) in [6, 6.07) is 0.210. The summed E-state index contributed by atoms with van der Waals surface area (Å²) in [4.78, 5) is 13.7. The first kappa shape index (κ1) is 10.1. The Bertz CT molecular complexity index is 161. The van der Waals surface area contributed by atoms with Crippen LogP contribution in [0, 0.1) is 0 Å². The van der Waals surface area contributed by atoms with Gasteiger partial charge in [-0.3, -0.25) is 9.69 Å². The molecule has 0 amide bonds. The van der Waals surface area contributed by atoms with Crippen LogP contribution in [0.4, 0.5) is 0 Å². The molecular weight excluding hydrogens is 170 g/mol. The molecule has 0 radical (unpaired) electrons. The van der Waals surface area contributed by atoms with Crippen LogP contribution in [-0.2, 0) is 4.79 Å². The molecule has 0 aromatic heterocycles. The lowest BCUT2D eigenvalue weighted by Gasteiger charge is -2.16. The zero-order valence-corrected chi connectivity index (χ0v) is 8.69.